The third kappa shape index (κ3) is 1.97. The van der Waals surface area contributed by atoms with Crippen LogP contribution in [0.15, 0.2) is 24.3 Å². The van der Waals surface area contributed by atoms with Crippen LogP contribution < -0.4 is 4.90 Å². The van der Waals surface area contributed by atoms with Crippen molar-refractivity contribution in [2.45, 2.75) is 6.42 Å². The molecule has 0 aromatic heterocycles. The number of rotatable bonds is 2. The summed E-state index contributed by atoms with van der Waals surface area (Å²) >= 11 is 0. The van der Waals surface area contributed by atoms with Gasteiger partial charge in [-0.25, -0.2) is 0 Å². The van der Waals surface area contributed by atoms with Crippen LogP contribution in [0.25, 0.3) is 0 Å². The number of nitriles is 1. The van der Waals surface area contributed by atoms with E-state index in [-0.39, 0.29) is 18.9 Å². The van der Waals surface area contributed by atoms with Gasteiger partial charge >= 0.3 is 5.97 Å². The van der Waals surface area contributed by atoms with Crippen LogP contribution in [0.5, 0.6) is 0 Å². The molecular weight excluding hydrogens is 220 g/mol. The van der Waals surface area contributed by atoms with Crippen LogP contribution in [-0.2, 0) is 9.59 Å². The lowest BCUT2D eigenvalue weighted by atomic mass is 10.1. The molecule has 0 unspecified atom stereocenters. The highest BCUT2D eigenvalue weighted by atomic mass is 16.4. The summed E-state index contributed by atoms with van der Waals surface area (Å²) in [6.45, 7) is 0.132. The molecule has 17 heavy (non-hydrogen) atoms. The largest absolute Gasteiger partial charge is 0.481 e. The van der Waals surface area contributed by atoms with Gasteiger partial charge in [-0.3, -0.25) is 9.59 Å². The SMILES string of the molecule is N#Cc1ccccc1N1C[C@@H](C(=O)O)CC1=O. The molecule has 0 aliphatic carbocycles. The lowest BCUT2D eigenvalue weighted by Gasteiger charge is -2.17. The first-order valence-corrected chi connectivity index (χ1v) is 5.15. The van der Waals surface area contributed by atoms with Gasteiger partial charge in [0.1, 0.15) is 6.07 Å². The van der Waals surface area contributed by atoms with Crippen LogP contribution in [0.3, 0.4) is 0 Å². The van der Waals surface area contributed by atoms with Gasteiger partial charge in [-0.1, -0.05) is 12.1 Å². The predicted octanol–water partition coefficient (Wildman–Crippen LogP) is 0.996. The molecule has 0 bridgehead atoms. The van der Waals surface area contributed by atoms with Gasteiger partial charge in [0, 0.05) is 13.0 Å². The number of carboxylic acids is 1. The van der Waals surface area contributed by atoms with Gasteiger partial charge in [-0.2, -0.15) is 5.26 Å². The minimum atomic E-state index is -0.977. The summed E-state index contributed by atoms with van der Waals surface area (Å²) in [7, 11) is 0. The molecule has 1 aliphatic heterocycles. The summed E-state index contributed by atoms with van der Waals surface area (Å²) in [5, 5.41) is 17.8. The van der Waals surface area contributed by atoms with Crippen molar-refractivity contribution in [1.29, 1.82) is 5.26 Å². The molecule has 1 aliphatic rings. The van der Waals surface area contributed by atoms with Crippen molar-refractivity contribution in [1.82, 2.24) is 0 Å². The maximum Gasteiger partial charge on any atom is 0.308 e. The van der Waals surface area contributed by atoms with Gasteiger partial charge in [0.2, 0.25) is 5.91 Å². The summed E-state index contributed by atoms with van der Waals surface area (Å²) < 4.78 is 0. The van der Waals surface area contributed by atoms with Crippen molar-refractivity contribution in [3.8, 4) is 6.07 Å². The Morgan fingerprint density at radius 1 is 1.47 bits per heavy atom. The number of amides is 1. The number of hydrogen-bond donors (Lipinski definition) is 1. The highest BCUT2D eigenvalue weighted by Gasteiger charge is 2.35. The zero-order valence-electron chi connectivity index (χ0n) is 8.96. The van der Waals surface area contributed by atoms with Crippen LogP contribution in [0.2, 0.25) is 0 Å². The number of aliphatic carboxylic acids is 1. The highest BCUT2D eigenvalue weighted by Crippen LogP contribution is 2.27. The summed E-state index contributed by atoms with van der Waals surface area (Å²) in [6, 6.07) is 8.68. The minimum Gasteiger partial charge on any atom is -0.481 e. The van der Waals surface area contributed by atoms with E-state index in [9.17, 15) is 9.59 Å². The quantitative estimate of drug-likeness (QED) is 0.821. The number of carbonyl (C=O) groups is 2. The molecule has 1 N–H and O–H groups in total. The van der Waals surface area contributed by atoms with E-state index in [2.05, 4.69) is 0 Å². The molecule has 86 valence electrons. The first kappa shape index (κ1) is 11.1. The molecule has 5 nitrogen and oxygen atoms in total. The maximum atomic E-state index is 11.7. The van der Waals surface area contributed by atoms with E-state index in [1.165, 1.54) is 4.90 Å². The van der Waals surface area contributed by atoms with E-state index in [0.29, 0.717) is 11.3 Å². The van der Waals surface area contributed by atoms with Crippen molar-refractivity contribution in [2.24, 2.45) is 5.92 Å². The van der Waals surface area contributed by atoms with Gasteiger partial charge in [0.25, 0.3) is 0 Å². The van der Waals surface area contributed by atoms with E-state index in [0.717, 1.165) is 0 Å². The highest BCUT2D eigenvalue weighted by molar-refractivity contribution is 6.00. The van der Waals surface area contributed by atoms with Gasteiger partial charge in [-0.15, -0.1) is 0 Å². The van der Waals surface area contributed by atoms with Gasteiger partial charge < -0.3 is 10.0 Å². The Kier molecular flexibility index (Phi) is 2.79. The number of benzene rings is 1. The molecule has 1 atom stereocenters. The van der Waals surface area contributed by atoms with Gasteiger partial charge in [-0.05, 0) is 12.1 Å². The molecular formula is C12H10N2O3. The Labute approximate surface area is 97.9 Å². The van der Waals surface area contributed by atoms with E-state index < -0.39 is 11.9 Å². The second-order valence-corrected chi connectivity index (χ2v) is 3.87. The first-order chi connectivity index (χ1) is 8.13. The molecule has 1 amide bonds. The van der Waals surface area contributed by atoms with Crippen LogP contribution in [0.1, 0.15) is 12.0 Å². The Morgan fingerprint density at radius 2 is 2.18 bits per heavy atom. The zero-order chi connectivity index (χ0) is 12.4. The number of hydrogen-bond acceptors (Lipinski definition) is 3. The predicted molar refractivity (Wildman–Crippen MR) is 59.3 cm³/mol. The third-order valence-corrected chi connectivity index (χ3v) is 2.79. The van der Waals surface area contributed by atoms with Crippen molar-refractivity contribution in [3.63, 3.8) is 0 Å². The van der Waals surface area contributed by atoms with Crippen molar-refractivity contribution in [3.05, 3.63) is 29.8 Å². The number of anilines is 1. The topological polar surface area (TPSA) is 81.4 Å². The molecule has 1 heterocycles. The number of carboxylic acid groups (broad SMARTS) is 1. The van der Waals surface area contributed by atoms with E-state index >= 15 is 0 Å². The maximum absolute atomic E-state index is 11.7. The van der Waals surface area contributed by atoms with E-state index in [4.69, 9.17) is 10.4 Å². The molecule has 1 saturated heterocycles. The lowest BCUT2D eigenvalue weighted by molar-refractivity contribution is -0.141. The molecule has 2 rings (SSSR count). The second kappa shape index (κ2) is 4.26. The fourth-order valence-electron chi connectivity index (χ4n) is 1.91. The van der Waals surface area contributed by atoms with Crippen LogP contribution in [0, 0.1) is 17.2 Å². The van der Waals surface area contributed by atoms with Crippen molar-refractivity contribution >= 4 is 17.6 Å². The Morgan fingerprint density at radius 3 is 2.76 bits per heavy atom. The number of carbonyl (C=O) groups excluding carboxylic acids is 1. The summed E-state index contributed by atoms with van der Waals surface area (Å²) in [4.78, 5) is 23.9. The average molecular weight is 230 g/mol. The molecule has 1 fully saturated rings. The standard InChI is InChI=1S/C12H10N2O3/c13-6-8-3-1-2-4-10(8)14-7-9(12(16)17)5-11(14)15/h1-4,9H,5,7H2,(H,16,17)/t9-/m0/s1. The Hall–Kier alpha value is -2.35. The fraction of sp³-hybridized carbons (Fsp3) is 0.250. The number of nitrogens with zero attached hydrogens (tertiary/aromatic N) is 2. The van der Waals surface area contributed by atoms with Crippen LogP contribution in [0.4, 0.5) is 5.69 Å². The lowest BCUT2D eigenvalue weighted by Crippen LogP contribution is -2.26. The van der Waals surface area contributed by atoms with Gasteiger partial charge in [0.05, 0.1) is 17.2 Å². The molecule has 0 saturated carbocycles. The van der Waals surface area contributed by atoms with Gasteiger partial charge in [0.15, 0.2) is 0 Å². The fourth-order valence-corrected chi connectivity index (χ4v) is 1.91. The summed E-state index contributed by atoms with van der Waals surface area (Å²) in [6.07, 6.45) is -0.00486. The average Bonchev–Trinajstić information content (AvgIpc) is 2.71. The molecule has 1 aromatic rings. The summed E-state index contributed by atoms with van der Waals surface area (Å²) in [5.74, 6) is -1.91. The van der Waals surface area contributed by atoms with E-state index in [1.807, 2.05) is 6.07 Å². The monoisotopic (exact) mass is 230 g/mol. The smallest absolute Gasteiger partial charge is 0.308 e. The molecule has 0 radical (unpaired) electrons. The first-order valence-electron chi connectivity index (χ1n) is 5.15. The third-order valence-electron chi connectivity index (χ3n) is 2.79. The van der Waals surface area contributed by atoms with Crippen molar-refractivity contribution < 1.29 is 14.7 Å². The zero-order valence-corrected chi connectivity index (χ0v) is 8.96. The van der Waals surface area contributed by atoms with Crippen LogP contribution >= 0.6 is 0 Å². The minimum absolute atomic E-state index is 0.00486. The molecule has 0 spiro atoms. The normalized spacial score (nSPS) is 19.1. The number of para-hydroxylation sites is 1. The second-order valence-electron chi connectivity index (χ2n) is 3.87. The van der Waals surface area contributed by atoms with Crippen LogP contribution in [-0.4, -0.2) is 23.5 Å². The van der Waals surface area contributed by atoms with Crippen molar-refractivity contribution in [2.75, 3.05) is 11.4 Å². The van der Waals surface area contributed by atoms with E-state index in [1.54, 1.807) is 24.3 Å². The summed E-state index contributed by atoms with van der Waals surface area (Å²) in [5.41, 5.74) is 0.871. The molecule has 5 heteroatoms. The Balaban J connectivity index is 2.33. The Bertz CT molecular complexity index is 519. The molecule has 1 aromatic carbocycles.